The van der Waals surface area contributed by atoms with Crippen molar-refractivity contribution in [3.63, 3.8) is 0 Å². The van der Waals surface area contributed by atoms with Crippen LogP contribution in [0.3, 0.4) is 0 Å². The summed E-state index contributed by atoms with van der Waals surface area (Å²) in [5.41, 5.74) is 6.22. The predicted octanol–water partition coefficient (Wildman–Crippen LogP) is 2.48. The van der Waals surface area contributed by atoms with Crippen molar-refractivity contribution in [3.05, 3.63) is 29.8 Å². The Hall–Kier alpha value is -1.75. The van der Waals surface area contributed by atoms with Crippen LogP contribution in [0.4, 0.5) is 4.79 Å². The van der Waals surface area contributed by atoms with E-state index in [1.807, 2.05) is 52.0 Å². The fourth-order valence-corrected chi connectivity index (χ4v) is 1.90. The van der Waals surface area contributed by atoms with Crippen LogP contribution in [0, 0.1) is 0 Å². The predicted molar refractivity (Wildman–Crippen MR) is 83.5 cm³/mol. The van der Waals surface area contributed by atoms with E-state index in [9.17, 15) is 4.79 Å². The Balaban J connectivity index is 2.55. The number of hydrogen-bond acceptors (Lipinski definition) is 4. The molecule has 0 spiro atoms. The largest absolute Gasteiger partial charge is 0.497 e. The minimum atomic E-state index is -0.566. The average Bonchev–Trinajstić information content (AvgIpc) is 2.34. The smallest absolute Gasteiger partial charge is 0.407 e. The summed E-state index contributed by atoms with van der Waals surface area (Å²) in [6.45, 7) is 7.70. The molecule has 1 atom stereocenters. The standard InChI is InChI=1S/C16H26N2O3/c1-15(2,3)21-14(19)18-11-16(4,17)10-12-7-6-8-13(9-12)20-5/h6-9H,10-11,17H2,1-5H3,(H,18,19). The van der Waals surface area contributed by atoms with Gasteiger partial charge in [0.15, 0.2) is 0 Å². The molecule has 1 amide bonds. The van der Waals surface area contributed by atoms with E-state index in [4.69, 9.17) is 15.2 Å². The van der Waals surface area contributed by atoms with Gasteiger partial charge < -0.3 is 20.5 Å². The Morgan fingerprint density at radius 3 is 2.52 bits per heavy atom. The van der Waals surface area contributed by atoms with Gasteiger partial charge in [-0.15, -0.1) is 0 Å². The molecule has 0 heterocycles. The Morgan fingerprint density at radius 2 is 1.95 bits per heavy atom. The van der Waals surface area contributed by atoms with Crippen molar-refractivity contribution in [3.8, 4) is 5.75 Å². The second kappa shape index (κ2) is 6.80. The number of carbonyl (C=O) groups excluding carboxylic acids is 1. The van der Waals surface area contributed by atoms with Crippen LogP contribution in [0.15, 0.2) is 24.3 Å². The lowest BCUT2D eigenvalue weighted by molar-refractivity contribution is 0.0516. The highest BCUT2D eigenvalue weighted by Crippen LogP contribution is 2.17. The van der Waals surface area contributed by atoms with Crippen molar-refractivity contribution in [2.45, 2.75) is 45.3 Å². The molecular weight excluding hydrogens is 268 g/mol. The maximum Gasteiger partial charge on any atom is 0.407 e. The van der Waals surface area contributed by atoms with Crippen LogP contribution in [0.2, 0.25) is 0 Å². The number of amides is 1. The van der Waals surface area contributed by atoms with Crippen molar-refractivity contribution < 1.29 is 14.3 Å². The van der Waals surface area contributed by atoms with Crippen molar-refractivity contribution >= 4 is 6.09 Å². The fourth-order valence-electron chi connectivity index (χ4n) is 1.90. The lowest BCUT2D eigenvalue weighted by Gasteiger charge is -2.26. The monoisotopic (exact) mass is 294 g/mol. The number of methoxy groups -OCH3 is 1. The van der Waals surface area contributed by atoms with E-state index in [0.717, 1.165) is 11.3 Å². The molecule has 0 aliphatic carbocycles. The SMILES string of the molecule is COc1cccc(CC(C)(N)CNC(=O)OC(C)(C)C)c1. The van der Waals surface area contributed by atoms with E-state index >= 15 is 0 Å². The topological polar surface area (TPSA) is 73.6 Å². The first-order valence-corrected chi connectivity index (χ1v) is 7.00. The van der Waals surface area contributed by atoms with Gasteiger partial charge in [0.25, 0.3) is 0 Å². The zero-order chi connectivity index (χ0) is 16.1. The van der Waals surface area contributed by atoms with Crippen LogP contribution in [0.1, 0.15) is 33.3 Å². The van der Waals surface area contributed by atoms with Gasteiger partial charge in [0, 0.05) is 12.1 Å². The second-order valence-corrected chi connectivity index (χ2v) is 6.54. The van der Waals surface area contributed by atoms with Gasteiger partial charge in [-0.2, -0.15) is 0 Å². The van der Waals surface area contributed by atoms with Crippen molar-refractivity contribution in [2.75, 3.05) is 13.7 Å². The van der Waals surface area contributed by atoms with Gasteiger partial charge in [-0.3, -0.25) is 0 Å². The quantitative estimate of drug-likeness (QED) is 0.875. The third kappa shape index (κ3) is 6.99. The lowest BCUT2D eigenvalue weighted by atomic mass is 9.94. The van der Waals surface area contributed by atoms with E-state index in [1.54, 1.807) is 7.11 Å². The van der Waals surface area contributed by atoms with Gasteiger partial charge in [-0.25, -0.2) is 4.79 Å². The van der Waals surface area contributed by atoms with Crippen LogP contribution < -0.4 is 15.8 Å². The molecule has 118 valence electrons. The van der Waals surface area contributed by atoms with Crippen LogP contribution in [-0.4, -0.2) is 30.9 Å². The van der Waals surface area contributed by atoms with Gasteiger partial charge in [0.05, 0.1) is 7.11 Å². The summed E-state index contributed by atoms with van der Waals surface area (Å²) in [6.07, 6.45) is 0.171. The molecule has 0 radical (unpaired) electrons. The van der Waals surface area contributed by atoms with Gasteiger partial charge >= 0.3 is 6.09 Å². The number of nitrogens with one attached hydrogen (secondary N) is 1. The lowest BCUT2D eigenvalue weighted by Crippen LogP contribution is -2.50. The number of carbonyl (C=O) groups is 1. The Bertz CT molecular complexity index is 479. The van der Waals surface area contributed by atoms with E-state index in [2.05, 4.69) is 5.32 Å². The number of alkyl carbamates (subject to hydrolysis) is 1. The third-order valence-electron chi connectivity index (χ3n) is 2.78. The summed E-state index contributed by atoms with van der Waals surface area (Å²) in [5.74, 6) is 0.795. The highest BCUT2D eigenvalue weighted by Gasteiger charge is 2.22. The van der Waals surface area contributed by atoms with Crippen LogP contribution in [0.25, 0.3) is 0 Å². The first kappa shape index (κ1) is 17.3. The Labute approximate surface area is 126 Å². The molecule has 0 aliphatic rings. The molecule has 0 bridgehead atoms. The summed E-state index contributed by atoms with van der Waals surface area (Å²) < 4.78 is 10.4. The Morgan fingerprint density at radius 1 is 1.29 bits per heavy atom. The number of ether oxygens (including phenoxy) is 2. The molecule has 5 nitrogen and oxygen atoms in total. The minimum absolute atomic E-state index is 0.332. The molecule has 0 aromatic heterocycles. The number of hydrogen-bond donors (Lipinski definition) is 2. The molecule has 3 N–H and O–H groups in total. The summed E-state index contributed by atoms with van der Waals surface area (Å²) in [5, 5.41) is 2.71. The molecule has 1 unspecified atom stereocenters. The van der Waals surface area contributed by atoms with E-state index in [0.29, 0.717) is 13.0 Å². The second-order valence-electron chi connectivity index (χ2n) is 6.54. The first-order valence-electron chi connectivity index (χ1n) is 7.00. The van der Waals surface area contributed by atoms with Crippen molar-refractivity contribution in [1.82, 2.24) is 5.32 Å². The number of nitrogens with two attached hydrogens (primary N) is 1. The zero-order valence-corrected chi connectivity index (χ0v) is 13.5. The average molecular weight is 294 g/mol. The van der Waals surface area contributed by atoms with E-state index < -0.39 is 17.2 Å². The molecular formula is C16H26N2O3. The van der Waals surface area contributed by atoms with Crippen LogP contribution in [-0.2, 0) is 11.2 Å². The molecule has 1 aromatic rings. The molecule has 0 aliphatic heterocycles. The highest BCUT2D eigenvalue weighted by molar-refractivity contribution is 5.67. The van der Waals surface area contributed by atoms with Crippen LogP contribution >= 0.6 is 0 Å². The summed E-state index contributed by atoms with van der Waals surface area (Å²) in [4.78, 5) is 11.6. The van der Waals surface area contributed by atoms with Gasteiger partial charge in [0.1, 0.15) is 11.4 Å². The van der Waals surface area contributed by atoms with E-state index in [1.165, 1.54) is 0 Å². The maximum atomic E-state index is 11.6. The molecule has 5 heteroatoms. The zero-order valence-electron chi connectivity index (χ0n) is 13.5. The van der Waals surface area contributed by atoms with Crippen LogP contribution in [0.5, 0.6) is 5.75 Å². The molecule has 1 aromatic carbocycles. The molecule has 1 rings (SSSR count). The molecule has 0 saturated carbocycles. The fraction of sp³-hybridized carbons (Fsp3) is 0.562. The number of rotatable bonds is 5. The van der Waals surface area contributed by atoms with Gasteiger partial charge in [-0.1, -0.05) is 12.1 Å². The molecule has 0 fully saturated rings. The minimum Gasteiger partial charge on any atom is -0.497 e. The van der Waals surface area contributed by atoms with Gasteiger partial charge in [0.2, 0.25) is 0 Å². The highest BCUT2D eigenvalue weighted by atomic mass is 16.6. The maximum absolute atomic E-state index is 11.6. The third-order valence-corrected chi connectivity index (χ3v) is 2.78. The van der Waals surface area contributed by atoms with Crippen molar-refractivity contribution in [1.29, 1.82) is 0 Å². The van der Waals surface area contributed by atoms with E-state index in [-0.39, 0.29) is 0 Å². The van der Waals surface area contributed by atoms with Gasteiger partial charge in [-0.05, 0) is 51.8 Å². The molecule has 21 heavy (non-hydrogen) atoms. The summed E-state index contributed by atoms with van der Waals surface area (Å²) in [6, 6.07) is 7.74. The Kier molecular flexibility index (Phi) is 5.61. The molecule has 0 saturated heterocycles. The number of benzene rings is 1. The normalized spacial score (nSPS) is 14.2. The summed E-state index contributed by atoms with van der Waals surface area (Å²) in [7, 11) is 1.63. The van der Waals surface area contributed by atoms with Crippen molar-refractivity contribution in [2.24, 2.45) is 5.73 Å². The summed E-state index contributed by atoms with van der Waals surface area (Å²) >= 11 is 0. The first-order chi connectivity index (χ1) is 9.61.